The molecule has 0 saturated heterocycles. The van der Waals surface area contributed by atoms with Gasteiger partial charge in [-0.2, -0.15) is 0 Å². The third kappa shape index (κ3) is 3.51. The first kappa shape index (κ1) is 15.3. The smallest absolute Gasteiger partial charge is 0.141 e. The van der Waals surface area contributed by atoms with Gasteiger partial charge in [0.05, 0.1) is 0 Å². The van der Waals surface area contributed by atoms with Gasteiger partial charge in [-0.25, -0.2) is 9.97 Å². The van der Waals surface area contributed by atoms with Crippen LogP contribution in [-0.2, 0) is 0 Å². The van der Waals surface area contributed by atoms with E-state index in [1.807, 2.05) is 0 Å². The normalized spacial score (nSPS) is 10.5. The van der Waals surface area contributed by atoms with Crippen molar-refractivity contribution in [2.75, 3.05) is 23.3 Å². The van der Waals surface area contributed by atoms with Crippen LogP contribution in [0.3, 0.4) is 0 Å². The molecule has 112 valence electrons. The van der Waals surface area contributed by atoms with Crippen molar-refractivity contribution in [3.63, 3.8) is 0 Å². The predicted molar refractivity (Wildman–Crippen MR) is 89.4 cm³/mol. The average molecular weight is 284 g/mol. The minimum Gasteiger partial charge on any atom is -0.370 e. The monoisotopic (exact) mass is 284 g/mol. The molecule has 0 amide bonds. The molecule has 0 saturated carbocycles. The van der Waals surface area contributed by atoms with Gasteiger partial charge < -0.3 is 10.2 Å². The Balaban J connectivity index is 2.35. The highest BCUT2D eigenvalue weighted by atomic mass is 15.2. The van der Waals surface area contributed by atoms with Gasteiger partial charge in [0.25, 0.3) is 0 Å². The Bertz CT molecular complexity index is 578. The lowest BCUT2D eigenvalue weighted by molar-refractivity contribution is 0.937. The Morgan fingerprint density at radius 1 is 1.05 bits per heavy atom. The van der Waals surface area contributed by atoms with Crippen LogP contribution in [0.25, 0.3) is 0 Å². The van der Waals surface area contributed by atoms with Gasteiger partial charge in [-0.3, -0.25) is 0 Å². The molecule has 1 N–H and O–H groups in total. The molecule has 0 aliphatic carbocycles. The molecule has 4 heteroatoms. The third-order valence-electron chi connectivity index (χ3n) is 3.52. The van der Waals surface area contributed by atoms with E-state index in [9.17, 15) is 0 Å². The maximum Gasteiger partial charge on any atom is 0.141 e. The summed E-state index contributed by atoms with van der Waals surface area (Å²) in [5.41, 5.74) is 3.51. The van der Waals surface area contributed by atoms with E-state index < -0.39 is 0 Å². The fraction of sp³-hybridized carbons (Fsp3) is 0.412. The van der Waals surface area contributed by atoms with E-state index in [4.69, 9.17) is 0 Å². The lowest BCUT2D eigenvalue weighted by Crippen LogP contribution is -2.19. The number of anilines is 3. The first-order valence-corrected chi connectivity index (χ1v) is 7.57. The molecule has 2 rings (SSSR count). The highest BCUT2D eigenvalue weighted by Gasteiger charge is 2.14. The van der Waals surface area contributed by atoms with Crippen molar-refractivity contribution in [3.8, 4) is 0 Å². The molecule has 4 nitrogen and oxygen atoms in total. The van der Waals surface area contributed by atoms with E-state index in [1.54, 1.807) is 6.33 Å². The summed E-state index contributed by atoms with van der Waals surface area (Å²) in [5, 5.41) is 3.36. The van der Waals surface area contributed by atoms with E-state index in [0.717, 1.165) is 42.4 Å². The summed E-state index contributed by atoms with van der Waals surface area (Å²) in [6, 6.07) is 8.54. The largest absolute Gasteiger partial charge is 0.370 e. The number of hydrogen-bond acceptors (Lipinski definition) is 4. The number of nitrogens with zero attached hydrogens (tertiary/aromatic N) is 3. The molecule has 0 aliphatic rings. The maximum absolute atomic E-state index is 4.49. The molecule has 0 spiro atoms. The number of nitrogens with one attached hydrogen (secondary N) is 1. The van der Waals surface area contributed by atoms with Crippen molar-refractivity contribution < 1.29 is 0 Å². The van der Waals surface area contributed by atoms with Crippen molar-refractivity contribution >= 4 is 17.3 Å². The minimum absolute atomic E-state index is 0.869. The van der Waals surface area contributed by atoms with Crippen LogP contribution in [0.1, 0.15) is 31.4 Å². The second kappa shape index (κ2) is 7.07. The molecule has 0 aliphatic heterocycles. The SMILES string of the molecule is CCCNc1ncnc(N(CC)c2ccc(C)cc2)c1C. The molecular formula is C17H24N4. The van der Waals surface area contributed by atoms with Gasteiger partial charge in [0.2, 0.25) is 0 Å². The molecule has 0 unspecified atom stereocenters. The molecule has 0 fully saturated rings. The molecule has 0 radical (unpaired) electrons. The van der Waals surface area contributed by atoms with Crippen molar-refractivity contribution in [2.24, 2.45) is 0 Å². The Kier molecular flexibility index (Phi) is 5.14. The number of aryl methyl sites for hydroxylation is 1. The Morgan fingerprint density at radius 3 is 2.38 bits per heavy atom. The summed E-state index contributed by atoms with van der Waals surface area (Å²) >= 11 is 0. The summed E-state index contributed by atoms with van der Waals surface area (Å²) in [6.45, 7) is 10.3. The molecule has 0 bridgehead atoms. The zero-order valence-electron chi connectivity index (χ0n) is 13.3. The molecule has 1 aromatic heterocycles. The summed E-state index contributed by atoms with van der Waals surface area (Å²) in [5.74, 6) is 1.89. The van der Waals surface area contributed by atoms with E-state index >= 15 is 0 Å². The van der Waals surface area contributed by atoms with E-state index in [2.05, 4.69) is 72.1 Å². The van der Waals surface area contributed by atoms with Crippen LogP contribution in [0.5, 0.6) is 0 Å². The van der Waals surface area contributed by atoms with Crippen LogP contribution >= 0.6 is 0 Å². The molecule has 1 aromatic carbocycles. The number of hydrogen-bond donors (Lipinski definition) is 1. The van der Waals surface area contributed by atoms with Crippen molar-refractivity contribution in [2.45, 2.75) is 34.1 Å². The Morgan fingerprint density at radius 2 is 1.76 bits per heavy atom. The summed E-state index contributed by atoms with van der Waals surface area (Å²) < 4.78 is 0. The van der Waals surface area contributed by atoms with Gasteiger partial charge in [-0.05, 0) is 39.3 Å². The van der Waals surface area contributed by atoms with Crippen molar-refractivity contribution in [1.82, 2.24) is 9.97 Å². The van der Waals surface area contributed by atoms with Gasteiger partial charge in [0.15, 0.2) is 0 Å². The zero-order chi connectivity index (χ0) is 15.2. The lowest BCUT2D eigenvalue weighted by Gasteiger charge is -2.24. The topological polar surface area (TPSA) is 41.1 Å². The standard InChI is InChI=1S/C17H24N4/c1-5-11-18-16-14(4)17(20-12-19-16)21(6-2)15-9-7-13(3)8-10-15/h7-10,12H,5-6,11H2,1-4H3,(H,18,19,20). The first-order chi connectivity index (χ1) is 10.2. The quantitative estimate of drug-likeness (QED) is 0.868. The van der Waals surface area contributed by atoms with Gasteiger partial charge in [-0.15, -0.1) is 0 Å². The Labute approximate surface area is 127 Å². The van der Waals surface area contributed by atoms with Crippen LogP contribution in [0, 0.1) is 13.8 Å². The summed E-state index contributed by atoms with van der Waals surface area (Å²) in [7, 11) is 0. The van der Waals surface area contributed by atoms with Gasteiger partial charge in [0, 0.05) is 24.3 Å². The van der Waals surface area contributed by atoms with E-state index in [1.165, 1.54) is 5.56 Å². The van der Waals surface area contributed by atoms with Crippen molar-refractivity contribution in [3.05, 3.63) is 41.7 Å². The van der Waals surface area contributed by atoms with E-state index in [-0.39, 0.29) is 0 Å². The van der Waals surface area contributed by atoms with Crippen LogP contribution in [0.2, 0.25) is 0 Å². The van der Waals surface area contributed by atoms with Gasteiger partial charge in [0.1, 0.15) is 18.0 Å². The van der Waals surface area contributed by atoms with Gasteiger partial charge in [-0.1, -0.05) is 24.6 Å². The minimum atomic E-state index is 0.869. The zero-order valence-corrected chi connectivity index (χ0v) is 13.3. The van der Waals surface area contributed by atoms with Crippen LogP contribution in [0.15, 0.2) is 30.6 Å². The van der Waals surface area contributed by atoms with E-state index in [0.29, 0.717) is 0 Å². The molecule has 2 aromatic rings. The summed E-state index contributed by atoms with van der Waals surface area (Å²) in [4.78, 5) is 11.1. The number of benzene rings is 1. The highest BCUT2D eigenvalue weighted by molar-refractivity contribution is 5.67. The molecular weight excluding hydrogens is 260 g/mol. The molecule has 21 heavy (non-hydrogen) atoms. The first-order valence-electron chi connectivity index (χ1n) is 7.57. The van der Waals surface area contributed by atoms with Crippen LogP contribution < -0.4 is 10.2 Å². The van der Waals surface area contributed by atoms with Crippen molar-refractivity contribution in [1.29, 1.82) is 0 Å². The second-order valence-corrected chi connectivity index (χ2v) is 5.18. The lowest BCUT2D eigenvalue weighted by atomic mass is 10.2. The highest BCUT2D eigenvalue weighted by Crippen LogP contribution is 2.28. The fourth-order valence-corrected chi connectivity index (χ4v) is 2.31. The molecule has 1 heterocycles. The molecule has 0 atom stereocenters. The van der Waals surface area contributed by atoms with Crippen LogP contribution in [-0.4, -0.2) is 23.1 Å². The maximum atomic E-state index is 4.49. The average Bonchev–Trinajstić information content (AvgIpc) is 2.50. The third-order valence-corrected chi connectivity index (χ3v) is 3.52. The number of aromatic nitrogens is 2. The number of rotatable bonds is 6. The Hall–Kier alpha value is -2.10. The fourth-order valence-electron chi connectivity index (χ4n) is 2.31. The summed E-state index contributed by atoms with van der Waals surface area (Å²) in [6.07, 6.45) is 2.71. The predicted octanol–water partition coefficient (Wildman–Crippen LogP) is 4.07. The second-order valence-electron chi connectivity index (χ2n) is 5.18. The van der Waals surface area contributed by atoms with Gasteiger partial charge >= 0.3 is 0 Å². The van der Waals surface area contributed by atoms with Crippen LogP contribution in [0.4, 0.5) is 17.3 Å².